The summed E-state index contributed by atoms with van der Waals surface area (Å²) in [5.74, 6) is 0. The van der Waals surface area contributed by atoms with Crippen LogP contribution in [0.3, 0.4) is 0 Å². The van der Waals surface area contributed by atoms with Gasteiger partial charge in [-0.3, -0.25) is 9.36 Å². The first kappa shape index (κ1) is 23.7. The third kappa shape index (κ3) is 3.33. The Bertz CT molecular complexity index is 2620. The number of nitrogens with zero attached hydrogens (tertiary/aromatic N) is 2. The van der Waals surface area contributed by atoms with Crippen molar-refractivity contribution in [2.45, 2.75) is 0 Å². The van der Waals surface area contributed by atoms with Gasteiger partial charge in [0.25, 0.3) is 5.56 Å². The van der Waals surface area contributed by atoms with E-state index in [9.17, 15) is 9.59 Å². The zero-order chi connectivity index (χ0) is 28.7. The molecule has 5 heteroatoms. The van der Waals surface area contributed by atoms with Crippen LogP contribution < -0.4 is 11.2 Å². The SMILES string of the molecule is O=c1oc2ccccc2c2ccn(-c3ccc(-n4c5ccc6ccccc6c5c5c6ccccc6ccc54)cc3)c(=O)c12. The van der Waals surface area contributed by atoms with E-state index in [4.69, 9.17) is 4.42 Å². The van der Waals surface area contributed by atoms with Gasteiger partial charge in [0.2, 0.25) is 0 Å². The second-order valence-corrected chi connectivity index (χ2v) is 10.9. The molecule has 6 aromatic carbocycles. The summed E-state index contributed by atoms with van der Waals surface area (Å²) < 4.78 is 9.28. The van der Waals surface area contributed by atoms with Crippen LogP contribution in [0, 0.1) is 0 Å². The van der Waals surface area contributed by atoms with E-state index in [-0.39, 0.29) is 5.39 Å². The van der Waals surface area contributed by atoms with Crippen LogP contribution in [-0.4, -0.2) is 9.13 Å². The Morgan fingerprint density at radius 3 is 1.67 bits per heavy atom. The first-order chi connectivity index (χ1) is 21.2. The van der Waals surface area contributed by atoms with E-state index in [1.807, 2.05) is 48.5 Å². The Balaban J connectivity index is 1.28. The van der Waals surface area contributed by atoms with E-state index in [0.717, 1.165) is 22.1 Å². The summed E-state index contributed by atoms with van der Waals surface area (Å²) in [6.07, 6.45) is 1.73. The number of rotatable bonds is 2. The minimum absolute atomic E-state index is 0.0476. The molecule has 9 rings (SSSR count). The second kappa shape index (κ2) is 8.78. The van der Waals surface area contributed by atoms with Gasteiger partial charge in [0.05, 0.1) is 11.0 Å². The fraction of sp³-hybridized carbons (Fsp3) is 0. The molecule has 0 aliphatic heterocycles. The molecule has 43 heavy (non-hydrogen) atoms. The van der Waals surface area contributed by atoms with Crippen molar-refractivity contribution in [3.05, 3.63) is 154 Å². The van der Waals surface area contributed by atoms with Crippen molar-refractivity contribution in [3.63, 3.8) is 0 Å². The van der Waals surface area contributed by atoms with Gasteiger partial charge < -0.3 is 8.98 Å². The largest absolute Gasteiger partial charge is 0.422 e. The van der Waals surface area contributed by atoms with E-state index >= 15 is 0 Å². The average Bonchev–Trinajstić information content (AvgIpc) is 3.40. The number of benzene rings is 6. The molecule has 0 amide bonds. The van der Waals surface area contributed by atoms with Gasteiger partial charge in [-0.05, 0) is 70.1 Å². The summed E-state index contributed by atoms with van der Waals surface area (Å²) in [6.45, 7) is 0. The molecule has 0 N–H and O–H groups in total. The molecule has 0 unspecified atom stereocenters. The molecule has 0 spiro atoms. The Labute approximate surface area is 244 Å². The number of fused-ring (bicyclic) bond motifs is 10. The molecule has 202 valence electrons. The smallest absolute Gasteiger partial charge is 0.349 e. The van der Waals surface area contributed by atoms with Crippen LogP contribution in [0.4, 0.5) is 0 Å². The lowest BCUT2D eigenvalue weighted by Crippen LogP contribution is -2.22. The zero-order valence-electron chi connectivity index (χ0n) is 22.8. The standard InChI is InChI=1S/C38H22N2O3/c41-37-36-30(29-11-5-6-12-33(29)43-38(36)42)21-22-39(37)25-15-17-26(18-16-25)40-31-19-13-23-7-1-3-9-27(23)34(31)35-28-10-4-2-8-24(28)14-20-32(35)40/h1-22H. The minimum atomic E-state index is -0.630. The monoisotopic (exact) mass is 554 g/mol. The van der Waals surface area contributed by atoms with Crippen LogP contribution in [0.1, 0.15) is 0 Å². The van der Waals surface area contributed by atoms with Gasteiger partial charge in [-0.2, -0.15) is 0 Å². The Morgan fingerprint density at radius 1 is 0.465 bits per heavy atom. The highest BCUT2D eigenvalue weighted by atomic mass is 16.4. The fourth-order valence-electron chi connectivity index (χ4n) is 6.68. The van der Waals surface area contributed by atoms with E-state index < -0.39 is 11.2 Å². The van der Waals surface area contributed by atoms with Crippen molar-refractivity contribution < 1.29 is 4.42 Å². The van der Waals surface area contributed by atoms with Crippen molar-refractivity contribution >= 4 is 65.1 Å². The third-order valence-electron chi connectivity index (χ3n) is 8.61. The van der Waals surface area contributed by atoms with Crippen molar-refractivity contribution in [1.82, 2.24) is 9.13 Å². The molecule has 0 saturated heterocycles. The summed E-state index contributed by atoms with van der Waals surface area (Å²) in [5, 5.41) is 8.65. The van der Waals surface area contributed by atoms with Crippen LogP contribution in [0.25, 0.3) is 76.5 Å². The molecule has 0 bridgehead atoms. The van der Waals surface area contributed by atoms with E-state index in [2.05, 4.69) is 77.4 Å². The summed E-state index contributed by atoms with van der Waals surface area (Å²) in [4.78, 5) is 26.5. The van der Waals surface area contributed by atoms with E-state index in [1.54, 1.807) is 12.3 Å². The molecule has 0 fully saturated rings. The second-order valence-electron chi connectivity index (χ2n) is 10.9. The molecule has 5 nitrogen and oxygen atoms in total. The number of aromatic nitrogens is 2. The first-order valence-electron chi connectivity index (χ1n) is 14.2. The normalized spacial score (nSPS) is 11.9. The van der Waals surface area contributed by atoms with Gasteiger partial charge in [0, 0.05) is 39.1 Å². The van der Waals surface area contributed by atoms with Gasteiger partial charge >= 0.3 is 5.63 Å². The zero-order valence-corrected chi connectivity index (χ0v) is 22.8. The average molecular weight is 555 g/mol. The molecule has 0 aliphatic rings. The minimum Gasteiger partial charge on any atom is -0.422 e. The maximum atomic E-state index is 13.6. The number of hydrogen-bond donors (Lipinski definition) is 0. The number of hydrogen-bond acceptors (Lipinski definition) is 3. The first-order valence-corrected chi connectivity index (χ1v) is 14.2. The maximum absolute atomic E-state index is 13.6. The molecule has 0 atom stereocenters. The van der Waals surface area contributed by atoms with Crippen molar-refractivity contribution in [2.75, 3.05) is 0 Å². The van der Waals surface area contributed by atoms with Crippen LogP contribution in [0.15, 0.2) is 148 Å². The molecular weight excluding hydrogens is 532 g/mol. The Morgan fingerprint density at radius 2 is 1.02 bits per heavy atom. The van der Waals surface area contributed by atoms with E-state index in [0.29, 0.717) is 16.7 Å². The maximum Gasteiger partial charge on any atom is 0.349 e. The lowest BCUT2D eigenvalue weighted by atomic mass is 10.00. The predicted molar refractivity (Wildman–Crippen MR) is 175 cm³/mol. The lowest BCUT2D eigenvalue weighted by molar-refractivity contribution is 0.568. The molecule has 0 aliphatic carbocycles. The summed E-state index contributed by atoms with van der Waals surface area (Å²) in [7, 11) is 0. The third-order valence-corrected chi connectivity index (χ3v) is 8.61. The van der Waals surface area contributed by atoms with Gasteiger partial charge in [-0.1, -0.05) is 78.9 Å². The Hall–Kier alpha value is -5.94. The molecular formula is C38H22N2O3. The van der Waals surface area contributed by atoms with Gasteiger partial charge in [-0.15, -0.1) is 0 Å². The van der Waals surface area contributed by atoms with E-state index in [1.165, 1.54) is 36.9 Å². The fourth-order valence-corrected chi connectivity index (χ4v) is 6.68. The molecule has 0 radical (unpaired) electrons. The Kier molecular flexibility index (Phi) is 4.85. The highest BCUT2D eigenvalue weighted by Gasteiger charge is 2.18. The highest BCUT2D eigenvalue weighted by Crippen LogP contribution is 2.40. The van der Waals surface area contributed by atoms with Crippen molar-refractivity contribution in [2.24, 2.45) is 0 Å². The molecule has 9 aromatic rings. The number of para-hydroxylation sites is 1. The number of pyridine rings is 1. The van der Waals surface area contributed by atoms with Crippen LogP contribution in [0.5, 0.6) is 0 Å². The van der Waals surface area contributed by atoms with Crippen LogP contribution >= 0.6 is 0 Å². The van der Waals surface area contributed by atoms with Crippen LogP contribution in [-0.2, 0) is 0 Å². The van der Waals surface area contributed by atoms with Crippen LogP contribution in [0.2, 0.25) is 0 Å². The summed E-state index contributed by atoms with van der Waals surface area (Å²) in [6, 6.07) is 42.7. The van der Waals surface area contributed by atoms with Crippen molar-refractivity contribution in [1.29, 1.82) is 0 Å². The molecule has 0 saturated carbocycles. The summed E-state index contributed by atoms with van der Waals surface area (Å²) in [5.41, 5.74) is 3.31. The topological polar surface area (TPSA) is 57.1 Å². The quantitative estimate of drug-likeness (QED) is 0.159. The summed E-state index contributed by atoms with van der Waals surface area (Å²) >= 11 is 0. The predicted octanol–water partition coefficient (Wildman–Crippen LogP) is 8.50. The lowest BCUT2D eigenvalue weighted by Gasteiger charge is -2.12. The highest BCUT2D eigenvalue weighted by molar-refractivity contribution is 6.28. The molecule has 3 aromatic heterocycles. The molecule has 3 heterocycles. The van der Waals surface area contributed by atoms with Gasteiger partial charge in [0.15, 0.2) is 0 Å². The van der Waals surface area contributed by atoms with Gasteiger partial charge in [0.1, 0.15) is 11.0 Å². The van der Waals surface area contributed by atoms with Crippen molar-refractivity contribution in [3.8, 4) is 11.4 Å². The van der Waals surface area contributed by atoms with Gasteiger partial charge in [-0.25, -0.2) is 4.79 Å².